The Balaban J connectivity index is 1.31. The van der Waals surface area contributed by atoms with Gasteiger partial charge in [0.2, 0.25) is 0 Å². The average Bonchev–Trinajstić information content (AvgIpc) is 2.91. The van der Waals surface area contributed by atoms with Crippen molar-refractivity contribution in [2.45, 2.75) is 12.2 Å². The maximum atomic E-state index is 13.4. The first-order valence-corrected chi connectivity index (χ1v) is 13.1. The fourth-order valence-electron chi connectivity index (χ4n) is 4.51. The number of nitrogens with zero attached hydrogens (tertiary/aromatic N) is 3. The van der Waals surface area contributed by atoms with E-state index in [0.29, 0.717) is 68.9 Å². The molecule has 1 amide bonds. The van der Waals surface area contributed by atoms with Crippen LogP contribution in [0.1, 0.15) is 10.4 Å². The molecule has 2 heterocycles. The Morgan fingerprint density at radius 2 is 1.78 bits per heavy atom. The van der Waals surface area contributed by atoms with Gasteiger partial charge in [-0.1, -0.05) is 11.6 Å². The molecular formula is C27H35ClFN3O5. The number of aliphatic hydroxyl groups excluding tert-OH is 1. The molecule has 2 fully saturated rings. The Bertz CT molecular complexity index is 975. The predicted molar refractivity (Wildman–Crippen MR) is 139 cm³/mol. The first kappa shape index (κ1) is 27.8. The first-order chi connectivity index (χ1) is 18.0. The SMILES string of the molecule is O=C(c1ccc(F)cc1)N(CCN1CCOCC1)CC1CN(CC(O)COc2ccc(Cl)cc2)CCO1. The number of carbonyl (C=O) groups is 1. The highest BCUT2D eigenvalue weighted by molar-refractivity contribution is 6.30. The van der Waals surface area contributed by atoms with Crippen LogP contribution in [0.4, 0.5) is 4.39 Å². The maximum absolute atomic E-state index is 13.4. The highest BCUT2D eigenvalue weighted by Gasteiger charge is 2.27. The minimum Gasteiger partial charge on any atom is -0.491 e. The summed E-state index contributed by atoms with van der Waals surface area (Å²) >= 11 is 5.90. The molecule has 2 saturated heterocycles. The minimum absolute atomic E-state index is 0.148. The van der Waals surface area contributed by atoms with E-state index in [-0.39, 0.29) is 24.4 Å². The summed E-state index contributed by atoms with van der Waals surface area (Å²) in [5.74, 6) is 0.130. The molecule has 2 aromatic carbocycles. The summed E-state index contributed by atoms with van der Waals surface area (Å²) in [4.78, 5) is 19.5. The molecule has 0 spiro atoms. The number of amides is 1. The van der Waals surface area contributed by atoms with E-state index in [9.17, 15) is 14.3 Å². The van der Waals surface area contributed by atoms with Gasteiger partial charge in [-0.2, -0.15) is 0 Å². The van der Waals surface area contributed by atoms with Gasteiger partial charge in [-0.15, -0.1) is 0 Å². The molecule has 1 N–H and O–H groups in total. The van der Waals surface area contributed by atoms with E-state index in [1.165, 1.54) is 24.3 Å². The van der Waals surface area contributed by atoms with Gasteiger partial charge in [-0.25, -0.2) is 4.39 Å². The molecular weight excluding hydrogens is 501 g/mol. The second kappa shape index (κ2) is 14.0. The highest BCUT2D eigenvalue weighted by atomic mass is 35.5. The molecule has 4 rings (SSSR count). The maximum Gasteiger partial charge on any atom is 0.253 e. The van der Waals surface area contributed by atoms with Crippen LogP contribution >= 0.6 is 11.6 Å². The zero-order valence-electron chi connectivity index (χ0n) is 20.9. The van der Waals surface area contributed by atoms with Crippen LogP contribution in [0.2, 0.25) is 5.02 Å². The molecule has 2 aliphatic rings. The lowest BCUT2D eigenvalue weighted by atomic mass is 10.1. The molecule has 0 bridgehead atoms. The number of rotatable bonds is 11. The average molecular weight is 536 g/mol. The van der Waals surface area contributed by atoms with E-state index in [0.717, 1.165) is 19.6 Å². The molecule has 202 valence electrons. The molecule has 2 aromatic rings. The monoisotopic (exact) mass is 535 g/mol. The second-order valence-corrected chi connectivity index (χ2v) is 9.82. The number of aliphatic hydroxyl groups is 1. The Hall–Kier alpha value is -2.27. The number of hydrogen-bond donors (Lipinski definition) is 1. The van der Waals surface area contributed by atoms with Gasteiger partial charge >= 0.3 is 0 Å². The Labute approximate surface area is 222 Å². The van der Waals surface area contributed by atoms with Crippen LogP contribution in [0.5, 0.6) is 5.75 Å². The van der Waals surface area contributed by atoms with Crippen LogP contribution in [-0.4, -0.2) is 117 Å². The van der Waals surface area contributed by atoms with Crippen molar-refractivity contribution < 1.29 is 28.5 Å². The molecule has 10 heteroatoms. The first-order valence-electron chi connectivity index (χ1n) is 12.7. The third kappa shape index (κ3) is 8.91. The quantitative estimate of drug-likeness (QED) is 0.473. The number of halogens is 2. The standard InChI is InChI=1S/C27H35ClFN3O5/c28-22-3-7-25(8-4-22)37-20-24(33)17-31-13-16-36-26(18-31)19-32(10-9-30-11-14-35-15-12-30)27(34)21-1-5-23(29)6-2-21/h1-8,24,26,33H,9-20H2. The largest absolute Gasteiger partial charge is 0.491 e. The minimum atomic E-state index is -0.673. The van der Waals surface area contributed by atoms with Crippen molar-refractivity contribution >= 4 is 17.5 Å². The van der Waals surface area contributed by atoms with Gasteiger partial charge in [0.1, 0.15) is 24.3 Å². The van der Waals surface area contributed by atoms with Crippen LogP contribution in [-0.2, 0) is 9.47 Å². The molecule has 2 aliphatic heterocycles. The number of hydrogen-bond acceptors (Lipinski definition) is 7. The van der Waals surface area contributed by atoms with Gasteiger partial charge < -0.3 is 24.2 Å². The fraction of sp³-hybridized carbons (Fsp3) is 0.519. The van der Waals surface area contributed by atoms with Crippen LogP contribution < -0.4 is 4.74 Å². The molecule has 8 nitrogen and oxygen atoms in total. The zero-order valence-corrected chi connectivity index (χ0v) is 21.7. The van der Waals surface area contributed by atoms with Gasteiger partial charge in [-0.3, -0.25) is 14.6 Å². The summed E-state index contributed by atoms with van der Waals surface area (Å²) in [6.07, 6.45) is -0.875. The number of carbonyl (C=O) groups excluding carboxylic acids is 1. The third-order valence-electron chi connectivity index (χ3n) is 6.54. The van der Waals surface area contributed by atoms with Gasteiger partial charge in [0.25, 0.3) is 5.91 Å². The summed E-state index contributed by atoms with van der Waals surface area (Å²) in [6.45, 7) is 7.12. The van der Waals surface area contributed by atoms with E-state index >= 15 is 0 Å². The van der Waals surface area contributed by atoms with Crippen LogP contribution in [0, 0.1) is 5.82 Å². The Morgan fingerprint density at radius 1 is 1.08 bits per heavy atom. The van der Waals surface area contributed by atoms with E-state index < -0.39 is 6.10 Å². The van der Waals surface area contributed by atoms with E-state index in [1.54, 1.807) is 29.2 Å². The lowest BCUT2D eigenvalue weighted by Gasteiger charge is -2.37. The summed E-state index contributed by atoms with van der Waals surface area (Å²) in [6, 6.07) is 12.7. The molecule has 0 radical (unpaired) electrons. The van der Waals surface area contributed by atoms with Crippen molar-refractivity contribution in [2.24, 2.45) is 0 Å². The topological polar surface area (TPSA) is 74.7 Å². The predicted octanol–water partition coefficient (Wildman–Crippen LogP) is 2.39. The van der Waals surface area contributed by atoms with E-state index in [1.807, 2.05) is 0 Å². The molecule has 0 aliphatic carbocycles. The van der Waals surface area contributed by atoms with Crippen molar-refractivity contribution in [2.75, 3.05) is 78.8 Å². The summed E-state index contributed by atoms with van der Waals surface area (Å²) in [5.41, 5.74) is 0.450. The van der Waals surface area contributed by atoms with Gasteiger partial charge in [0.15, 0.2) is 0 Å². The number of ether oxygens (including phenoxy) is 3. The Morgan fingerprint density at radius 3 is 2.51 bits per heavy atom. The number of β-amino-alcohol motifs (C(OH)–C–C–N with tert-alkyl or cyclic N) is 1. The number of morpholine rings is 2. The van der Waals surface area contributed by atoms with Gasteiger partial charge in [-0.05, 0) is 48.5 Å². The molecule has 0 aromatic heterocycles. The molecule has 2 unspecified atom stereocenters. The molecule has 0 saturated carbocycles. The van der Waals surface area contributed by atoms with Crippen molar-refractivity contribution in [3.63, 3.8) is 0 Å². The van der Waals surface area contributed by atoms with E-state index in [2.05, 4.69) is 9.80 Å². The van der Waals surface area contributed by atoms with Crippen LogP contribution in [0.15, 0.2) is 48.5 Å². The smallest absolute Gasteiger partial charge is 0.253 e. The highest BCUT2D eigenvalue weighted by Crippen LogP contribution is 2.16. The normalized spacial score (nSPS) is 19.9. The summed E-state index contributed by atoms with van der Waals surface area (Å²) in [5, 5.41) is 11.2. The fourth-order valence-corrected chi connectivity index (χ4v) is 4.64. The Kier molecular flexibility index (Phi) is 10.5. The van der Waals surface area contributed by atoms with E-state index in [4.69, 9.17) is 25.8 Å². The lowest BCUT2D eigenvalue weighted by Crippen LogP contribution is -2.52. The number of benzene rings is 2. The van der Waals surface area contributed by atoms with Gasteiger partial charge in [0, 0.05) is 62.9 Å². The van der Waals surface area contributed by atoms with Crippen LogP contribution in [0.25, 0.3) is 0 Å². The van der Waals surface area contributed by atoms with Crippen LogP contribution in [0.3, 0.4) is 0 Å². The van der Waals surface area contributed by atoms with Crippen molar-refractivity contribution in [1.82, 2.24) is 14.7 Å². The molecule has 2 atom stereocenters. The summed E-state index contributed by atoms with van der Waals surface area (Å²) < 4.78 is 30.5. The summed E-state index contributed by atoms with van der Waals surface area (Å²) in [7, 11) is 0. The second-order valence-electron chi connectivity index (χ2n) is 9.38. The van der Waals surface area contributed by atoms with Crippen molar-refractivity contribution in [1.29, 1.82) is 0 Å². The third-order valence-corrected chi connectivity index (χ3v) is 6.79. The van der Waals surface area contributed by atoms with Crippen molar-refractivity contribution in [3.05, 3.63) is 64.9 Å². The lowest BCUT2D eigenvalue weighted by molar-refractivity contribution is -0.0545. The van der Waals surface area contributed by atoms with Crippen molar-refractivity contribution in [3.8, 4) is 5.75 Å². The van der Waals surface area contributed by atoms with Gasteiger partial charge in [0.05, 0.1) is 25.9 Å². The molecule has 37 heavy (non-hydrogen) atoms. The zero-order chi connectivity index (χ0) is 26.0.